The van der Waals surface area contributed by atoms with E-state index < -0.39 is 0 Å². The van der Waals surface area contributed by atoms with Crippen molar-refractivity contribution < 1.29 is 28.5 Å². The summed E-state index contributed by atoms with van der Waals surface area (Å²) in [6.45, 7) is 1.93. The third-order valence-electron chi connectivity index (χ3n) is 1.57. The van der Waals surface area contributed by atoms with Gasteiger partial charge in [-0.25, -0.2) is 0 Å². The van der Waals surface area contributed by atoms with Crippen LogP contribution in [-0.2, 0) is 28.5 Å². The first-order chi connectivity index (χ1) is 8.70. The summed E-state index contributed by atoms with van der Waals surface area (Å²) in [6.07, 6.45) is 0. The number of esters is 2. The zero-order valence-corrected chi connectivity index (χ0v) is 13.0. The summed E-state index contributed by atoms with van der Waals surface area (Å²) in [5.41, 5.74) is 0. The number of carbonyl (C=O) groups excluding carboxylic acids is 2. The number of ether oxygens (including phenoxy) is 4. The molecule has 6 nitrogen and oxygen atoms in total. The molecule has 0 saturated carbocycles. The molecule has 0 aromatic carbocycles. The molecule has 18 heavy (non-hydrogen) atoms. The van der Waals surface area contributed by atoms with E-state index in [1.165, 1.54) is 0 Å². The third-order valence-corrected chi connectivity index (χ3v) is 2.49. The van der Waals surface area contributed by atoms with Crippen molar-refractivity contribution in [1.82, 2.24) is 0 Å². The zero-order chi connectivity index (χ0) is 13.6. The van der Waals surface area contributed by atoms with Crippen molar-refractivity contribution >= 4 is 43.8 Å². The van der Waals surface area contributed by atoms with E-state index in [0.29, 0.717) is 26.4 Å². The van der Waals surface area contributed by atoms with Gasteiger partial charge >= 0.3 is 11.9 Å². The Morgan fingerprint density at radius 1 is 0.667 bits per heavy atom. The first-order valence-electron chi connectivity index (χ1n) is 5.29. The van der Waals surface area contributed by atoms with Gasteiger partial charge in [0.1, 0.15) is 23.9 Å². The summed E-state index contributed by atoms with van der Waals surface area (Å²) in [5.74, 6) is -0.632. The van der Waals surface area contributed by atoms with Gasteiger partial charge in [-0.2, -0.15) is 0 Å². The minimum absolute atomic E-state index is 0.184. The normalized spacial score (nSPS) is 10.1. The Balaban J connectivity index is 3.07. The molecule has 0 atom stereocenters. The van der Waals surface area contributed by atoms with Crippen LogP contribution >= 0.6 is 31.9 Å². The fraction of sp³-hybridized carbons (Fsp3) is 0.800. The molecule has 0 bridgehead atoms. The predicted molar refractivity (Wildman–Crippen MR) is 71.1 cm³/mol. The highest BCUT2D eigenvalue weighted by Gasteiger charge is 1.99. The number of carbonyl (C=O) groups is 2. The standard InChI is InChI=1S/C10H16Br2O6/c11-7-9(13)17-5-3-15-1-2-16-4-6-18-10(14)8-12/h1-8H2. The molecule has 0 saturated heterocycles. The van der Waals surface area contributed by atoms with Crippen LogP contribution in [0.4, 0.5) is 0 Å². The maximum atomic E-state index is 10.7. The topological polar surface area (TPSA) is 71.1 Å². The Bertz CT molecular complexity index is 212. The summed E-state index contributed by atoms with van der Waals surface area (Å²) in [5, 5.41) is 0.368. The lowest BCUT2D eigenvalue weighted by Gasteiger charge is -2.06. The maximum absolute atomic E-state index is 10.7. The second-order valence-electron chi connectivity index (χ2n) is 2.93. The minimum Gasteiger partial charge on any atom is -0.463 e. The molecule has 0 heterocycles. The summed E-state index contributed by atoms with van der Waals surface area (Å²) >= 11 is 5.95. The molecule has 0 unspecified atom stereocenters. The van der Waals surface area contributed by atoms with Gasteiger partial charge in [0.2, 0.25) is 0 Å². The van der Waals surface area contributed by atoms with Crippen molar-refractivity contribution in [1.29, 1.82) is 0 Å². The molecule has 8 heteroatoms. The largest absolute Gasteiger partial charge is 0.463 e. The molecule has 106 valence electrons. The maximum Gasteiger partial charge on any atom is 0.316 e. The van der Waals surface area contributed by atoms with Crippen LogP contribution < -0.4 is 0 Å². The average Bonchev–Trinajstić information content (AvgIpc) is 2.40. The highest BCUT2D eigenvalue weighted by Crippen LogP contribution is 1.88. The van der Waals surface area contributed by atoms with E-state index in [1.807, 2.05) is 0 Å². The Labute approximate surface area is 123 Å². The van der Waals surface area contributed by atoms with E-state index in [4.69, 9.17) is 18.9 Å². The molecule has 0 N–H and O–H groups in total. The molecular formula is C10H16Br2O6. The molecule has 0 aliphatic heterocycles. The Morgan fingerprint density at radius 2 is 1.00 bits per heavy atom. The van der Waals surface area contributed by atoms with Crippen LogP contribution in [0.2, 0.25) is 0 Å². The number of hydrogen-bond donors (Lipinski definition) is 0. The van der Waals surface area contributed by atoms with Crippen molar-refractivity contribution in [2.24, 2.45) is 0 Å². The van der Waals surface area contributed by atoms with E-state index >= 15 is 0 Å². The van der Waals surface area contributed by atoms with Crippen LogP contribution in [0.25, 0.3) is 0 Å². The number of rotatable bonds is 11. The van der Waals surface area contributed by atoms with Crippen LogP contribution in [0.3, 0.4) is 0 Å². The molecule has 0 amide bonds. The number of alkyl halides is 2. The van der Waals surface area contributed by atoms with Crippen molar-refractivity contribution in [3.05, 3.63) is 0 Å². The summed E-state index contributed by atoms with van der Waals surface area (Å²) < 4.78 is 19.8. The average molecular weight is 392 g/mol. The van der Waals surface area contributed by atoms with Crippen LogP contribution in [0.1, 0.15) is 0 Å². The predicted octanol–water partition coefficient (Wildman–Crippen LogP) is 0.896. The summed E-state index contributed by atoms with van der Waals surface area (Å²) in [4.78, 5) is 21.4. The molecular weight excluding hydrogens is 376 g/mol. The molecule has 0 spiro atoms. The highest BCUT2D eigenvalue weighted by atomic mass is 79.9. The van der Waals surface area contributed by atoms with Crippen molar-refractivity contribution in [3.63, 3.8) is 0 Å². The van der Waals surface area contributed by atoms with Gasteiger partial charge in [0.15, 0.2) is 0 Å². The van der Waals surface area contributed by atoms with Crippen LogP contribution in [0.5, 0.6) is 0 Å². The van der Waals surface area contributed by atoms with Gasteiger partial charge in [-0.05, 0) is 0 Å². The quantitative estimate of drug-likeness (QED) is 0.296. The van der Waals surface area contributed by atoms with E-state index in [0.717, 1.165) is 0 Å². The van der Waals surface area contributed by atoms with E-state index in [1.54, 1.807) is 0 Å². The fourth-order valence-electron chi connectivity index (χ4n) is 0.828. The van der Waals surface area contributed by atoms with E-state index in [9.17, 15) is 9.59 Å². The minimum atomic E-state index is -0.316. The van der Waals surface area contributed by atoms with E-state index in [-0.39, 0.29) is 35.8 Å². The third kappa shape index (κ3) is 12.3. The van der Waals surface area contributed by atoms with Gasteiger partial charge in [0.05, 0.1) is 26.4 Å². The number of halogens is 2. The van der Waals surface area contributed by atoms with Crippen LogP contribution in [-0.4, -0.2) is 62.2 Å². The lowest BCUT2D eigenvalue weighted by Crippen LogP contribution is -2.15. The van der Waals surface area contributed by atoms with Gasteiger partial charge in [-0.1, -0.05) is 31.9 Å². The SMILES string of the molecule is O=C(CBr)OCCOCCOCCOC(=O)CBr. The van der Waals surface area contributed by atoms with Crippen molar-refractivity contribution in [2.45, 2.75) is 0 Å². The first-order valence-corrected chi connectivity index (χ1v) is 7.53. The molecule has 0 aromatic rings. The summed E-state index contributed by atoms with van der Waals surface area (Å²) in [7, 11) is 0. The fourth-order valence-corrected chi connectivity index (χ4v) is 1.15. The molecule has 0 fully saturated rings. The molecule has 0 aromatic heterocycles. The first kappa shape index (κ1) is 17.8. The smallest absolute Gasteiger partial charge is 0.316 e. The highest BCUT2D eigenvalue weighted by molar-refractivity contribution is 9.09. The second-order valence-corrected chi connectivity index (χ2v) is 4.05. The lowest BCUT2D eigenvalue weighted by molar-refractivity contribution is -0.143. The van der Waals surface area contributed by atoms with Gasteiger partial charge in [0, 0.05) is 0 Å². The molecule has 0 rings (SSSR count). The van der Waals surface area contributed by atoms with Gasteiger partial charge in [-0.3, -0.25) is 9.59 Å². The van der Waals surface area contributed by atoms with Crippen LogP contribution in [0, 0.1) is 0 Å². The molecule has 0 radical (unpaired) electrons. The van der Waals surface area contributed by atoms with Gasteiger partial charge in [0.25, 0.3) is 0 Å². The van der Waals surface area contributed by atoms with Gasteiger partial charge in [-0.15, -0.1) is 0 Å². The van der Waals surface area contributed by atoms with Crippen LogP contribution in [0.15, 0.2) is 0 Å². The summed E-state index contributed by atoms with van der Waals surface area (Å²) in [6, 6.07) is 0. The number of hydrogen-bond acceptors (Lipinski definition) is 6. The Hall–Kier alpha value is -0.180. The lowest BCUT2D eigenvalue weighted by atomic mass is 10.7. The van der Waals surface area contributed by atoms with Crippen molar-refractivity contribution in [3.8, 4) is 0 Å². The zero-order valence-electron chi connectivity index (χ0n) is 9.86. The molecule has 0 aliphatic carbocycles. The monoisotopic (exact) mass is 390 g/mol. The molecule has 0 aliphatic rings. The Morgan fingerprint density at radius 3 is 1.33 bits per heavy atom. The Kier molecular flexibility index (Phi) is 13.1. The van der Waals surface area contributed by atoms with Gasteiger partial charge < -0.3 is 18.9 Å². The second kappa shape index (κ2) is 13.3. The van der Waals surface area contributed by atoms with E-state index in [2.05, 4.69) is 31.9 Å². The van der Waals surface area contributed by atoms with Crippen molar-refractivity contribution in [2.75, 3.05) is 50.3 Å².